The van der Waals surface area contributed by atoms with Crippen LogP contribution in [0.25, 0.3) is 0 Å². The van der Waals surface area contributed by atoms with E-state index < -0.39 is 0 Å². The van der Waals surface area contributed by atoms with E-state index in [9.17, 15) is 10.2 Å². The van der Waals surface area contributed by atoms with Gasteiger partial charge in [-0.3, -0.25) is 0 Å². The highest BCUT2D eigenvalue weighted by Gasteiger charge is 2.05. The van der Waals surface area contributed by atoms with E-state index in [0.29, 0.717) is 11.6 Å². The summed E-state index contributed by atoms with van der Waals surface area (Å²) < 4.78 is 0. The summed E-state index contributed by atoms with van der Waals surface area (Å²) in [6, 6.07) is 10.5. The molecule has 18 heavy (non-hydrogen) atoms. The van der Waals surface area contributed by atoms with Gasteiger partial charge in [-0.05, 0) is 36.8 Å². The van der Waals surface area contributed by atoms with Gasteiger partial charge in [0.25, 0.3) is 0 Å². The van der Waals surface area contributed by atoms with Crippen LogP contribution in [0.3, 0.4) is 0 Å². The lowest BCUT2D eigenvalue weighted by Crippen LogP contribution is -2.00. The first-order valence-electron chi connectivity index (χ1n) is 5.58. The number of hydrogen-bond acceptors (Lipinski definition) is 3. The van der Waals surface area contributed by atoms with Crippen LogP contribution >= 0.6 is 11.6 Å². The average Bonchev–Trinajstić information content (AvgIpc) is 2.35. The van der Waals surface area contributed by atoms with Gasteiger partial charge in [-0.25, -0.2) is 0 Å². The van der Waals surface area contributed by atoms with Crippen LogP contribution in [-0.4, -0.2) is 10.2 Å². The molecule has 0 saturated carbocycles. The van der Waals surface area contributed by atoms with Crippen molar-refractivity contribution in [2.45, 2.75) is 13.5 Å². The Balaban J connectivity index is 2.11. The van der Waals surface area contributed by atoms with Crippen molar-refractivity contribution < 1.29 is 10.2 Å². The molecule has 0 aliphatic heterocycles. The highest BCUT2D eigenvalue weighted by molar-refractivity contribution is 6.32. The molecule has 3 N–H and O–H groups in total. The Labute approximate surface area is 111 Å². The van der Waals surface area contributed by atoms with Crippen molar-refractivity contribution in [2.24, 2.45) is 0 Å². The Bertz CT molecular complexity index is 570. The van der Waals surface area contributed by atoms with E-state index in [1.807, 2.05) is 19.1 Å². The molecule has 4 heteroatoms. The normalized spacial score (nSPS) is 10.3. The first kappa shape index (κ1) is 12.6. The molecule has 0 radical (unpaired) electrons. The summed E-state index contributed by atoms with van der Waals surface area (Å²) >= 11 is 5.83. The second-order valence-electron chi connectivity index (χ2n) is 4.10. The van der Waals surface area contributed by atoms with Crippen LogP contribution < -0.4 is 5.32 Å². The SMILES string of the molecule is Cc1cc(NCc2cccc(Cl)c2O)ccc1O. The molecular weight excluding hydrogens is 250 g/mol. The predicted octanol–water partition coefficient (Wildman–Crippen LogP) is 3.67. The number of aryl methyl sites for hydroxylation is 1. The van der Waals surface area contributed by atoms with Crippen molar-refractivity contribution in [1.82, 2.24) is 0 Å². The summed E-state index contributed by atoms with van der Waals surface area (Å²) in [6.45, 7) is 2.30. The molecule has 0 fully saturated rings. The van der Waals surface area contributed by atoms with E-state index in [2.05, 4.69) is 5.32 Å². The molecule has 2 aromatic carbocycles. The molecule has 94 valence electrons. The molecule has 0 spiro atoms. The zero-order valence-corrected chi connectivity index (χ0v) is 10.7. The molecular formula is C14H14ClNO2. The van der Waals surface area contributed by atoms with E-state index >= 15 is 0 Å². The van der Waals surface area contributed by atoms with Gasteiger partial charge in [0.15, 0.2) is 0 Å². The Kier molecular flexibility index (Phi) is 3.63. The van der Waals surface area contributed by atoms with E-state index in [-0.39, 0.29) is 11.5 Å². The van der Waals surface area contributed by atoms with Gasteiger partial charge in [-0.2, -0.15) is 0 Å². The Morgan fingerprint density at radius 2 is 1.94 bits per heavy atom. The molecule has 2 aromatic rings. The third-order valence-corrected chi connectivity index (χ3v) is 3.06. The summed E-state index contributed by atoms with van der Waals surface area (Å²) in [5, 5.41) is 22.7. The Morgan fingerprint density at radius 3 is 2.67 bits per heavy atom. The van der Waals surface area contributed by atoms with Gasteiger partial charge < -0.3 is 15.5 Å². The molecule has 0 aliphatic rings. The van der Waals surface area contributed by atoms with Gasteiger partial charge in [-0.15, -0.1) is 0 Å². The second kappa shape index (κ2) is 5.19. The largest absolute Gasteiger partial charge is 0.508 e. The Hall–Kier alpha value is -1.87. The van der Waals surface area contributed by atoms with Crippen LogP contribution in [0.4, 0.5) is 5.69 Å². The fourth-order valence-corrected chi connectivity index (χ4v) is 1.86. The number of aromatic hydroxyl groups is 2. The molecule has 2 rings (SSSR count). The average molecular weight is 264 g/mol. The number of benzene rings is 2. The van der Waals surface area contributed by atoms with Crippen molar-refractivity contribution in [2.75, 3.05) is 5.32 Å². The van der Waals surface area contributed by atoms with Gasteiger partial charge in [0.05, 0.1) is 5.02 Å². The standard InChI is InChI=1S/C14H14ClNO2/c1-9-7-11(5-6-13(9)17)16-8-10-3-2-4-12(15)14(10)18/h2-7,16-18H,8H2,1H3. The third kappa shape index (κ3) is 2.68. The summed E-state index contributed by atoms with van der Waals surface area (Å²) in [6.07, 6.45) is 0. The molecule has 0 heterocycles. The van der Waals surface area contributed by atoms with Crippen molar-refractivity contribution in [1.29, 1.82) is 0 Å². The van der Waals surface area contributed by atoms with Crippen LogP contribution in [0.15, 0.2) is 36.4 Å². The minimum atomic E-state index is 0.0992. The molecule has 0 atom stereocenters. The lowest BCUT2D eigenvalue weighted by atomic mass is 10.1. The minimum absolute atomic E-state index is 0.0992. The smallest absolute Gasteiger partial charge is 0.139 e. The zero-order valence-electron chi connectivity index (χ0n) is 9.94. The van der Waals surface area contributed by atoms with Crippen molar-refractivity contribution in [3.05, 3.63) is 52.5 Å². The van der Waals surface area contributed by atoms with Gasteiger partial charge in [0, 0.05) is 17.8 Å². The van der Waals surface area contributed by atoms with E-state index in [4.69, 9.17) is 11.6 Å². The maximum Gasteiger partial charge on any atom is 0.139 e. The molecule has 0 bridgehead atoms. The number of para-hydroxylation sites is 1. The van der Waals surface area contributed by atoms with Crippen LogP contribution in [0, 0.1) is 6.92 Å². The molecule has 0 amide bonds. The lowest BCUT2D eigenvalue weighted by Gasteiger charge is -2.10. The molecule has 0 aliphatic carbocycles. The maximum atomic E-state index is 9.76. The highest BCUT2D eigenvalue weighted by Crippen LogP contribution is 2.28. The van der Waals surface area contributed by atoms with E-state index in [0.717, 1.165) is 16.8 Å². The van der Waals surface area contributed by atoms with E-state index in [1.54, 1.807) is 24.3 Å². The van der Waals surface area contributed by atoms with Crippen LogP contribution in [-0.2, 0) is 6.54 Å². The number of anilines is 1. The number of halogens is 1. The van der Waals surface area contributed by atoms with Gasteiger partial charge in [0.1, 0.15) is 11.5 Å². The zero-order chi connectivity index (χ0) is 13.1. The first-order chi connectivity index (χ1) is 8.58. The first-order valence-corrected chi connectivity index (χ1v) is 5.95. The van der Waals surface area contributed by atoms with Crippen LogP contribution in [0.2, 0.25) is 5.02 Å². The summed E-state index contributed by atoms with van der Waals surface area (Å²) in [4.78, 5) is 0. The third-order valence-electron chi connectivity index (χ3n) is 2.75. The van der Waals surface area contributed by atoms with Crippen molar-refractivity contribution in [3.63, 3.8) is 0 Å². The number of phenolic OH excluding ortho intramolecular Hbond substituents is 2. The molecule has 0 unspecified atom stereocenters. The summed E-state index contributed by atoms with van der Waals surface area (Å²) in [5.74, 6) is 0.369. The summed E-state index contributed by atoms with van der Waals surface area (Å²) in [7, 11) is 0. The van der Waals surface area contributed by atoms with E-state index in [1.165, 1.54) is 0 Å². The molecule has 0 saturated heterocycles. The molecule has 0 aromatic heterocycles. The lowest BCUT2D eigenvalue weighted by molar-refractivity contribution is 0.469. The number of phenols is 2. The topological polar surface area (TPSA) is 52.5 Å². The van der Waals surface area contributed by atoms with Crippen molar-refractivity contribution in [3.8, 4) is 11.5 Å². The minimum Gasteiger partial charge on any atom is -0.508 e. The fraction of sp³-hybridized carbons (Fsp3) is 0.143. The van der Waals surface area contributed by atoms with Gasteiger partial charge in [-0.1, -0.05) is 23.7 Å². The van der Waals surface area contributed by atoms with Crippen LogP contribution in [0.5, 0.6) is 11.5 Å². The number of hydrogen-bond donors (Lipinski definition) is 3. The highest BCUT2D eigenvalue weighted by atomic mass is 35.5. The van der Waals surface area contributed by atoms with Gasteiger partial charge in [0.2, 0.25) is 0 Å². The van der Waals surface area contributed by atoms with Crippen LogP contribution in [0.1, 0.15) is 11.1 Å². The molecule has 3 nitrogen and oxygen atoms in total. The monoisotopic (exact) mass is 263 g/mol. The quantitative estimate of drug-likeness (QED) is 0.741. The summed E-state index contributed by atoms with van der Waals surface area (Å²) in [5.41, 5.74) is 2.41. The number of nitrogens with one attached hydrogen (secondary N) is 1. The Morgan fingerprint density at radius 1 is 1.17 bits per heavy atom. The predicted molar refractivity (Wildman–Crippen MR) is 73.3 cm³/mol. The van der Waals surface area contributed by atoms with Gasteiger partial charge >= 0.3 is 0 Å². The van der Waals surface area contributed by atoms with Crippen molar-refractivity contribution >= 4 is 17.3 Å². The number of rotatable bonds is 3. The fourth-order valence-electron chi connectivity index (χ4n) is 1.67. The maximum absolute atomic E-state index is 9.76. The second-order valence-corrected chi connectivity index (χ2v) is 4.51.